The molecule has 1 heterocycles. The van der Waals surface area contributed by atoms with Crippen molar-refractivity contribution in [1.82, 2.24) is 15.1 Å². The normalized spacial score (nSPS) is 13.1. The molecule has 2 aromatic rings. The number of amides is 1. The third-order valence-electron chi connectivity index (χ3n) is 3.88. The summed E-state index contributed by atoms with van der Waals surface area (Å²) in [5, 5.41) is 7.47. The van der Waals surface area contributed by atoms with Gasteiger partial charge in [0.1, 0.15) is 0 Å². The molecule has 126 valence electrons. The van der Waals surface area contributed by atoms with E-state index in [9.17, 15) is 4.79 Å². The molecule has 0 saturated carbocycles. The van der Waals surface area contributed by atoms with Crippen molar-refractivity contribution >= 4 is 18.3 Å². The summed E-state index contributed by atoms with van der Waals surface area (Å²) in [4.78, 5) is 12.1. The van der Waals surface area contributed by atoms with Crippen molar-refractivity contribution in [2.24, 2.45) is 11.7 Å². The zero-order valence-electron chi connectivity index (χ0n) is 14.0. The minimum Gasteiger partial charge on any atom is -0.352 e. The predicted octanol–water partition coefficient (Wildman–Crippen LogP) is 2.51. The summed E-state index contributed by atoms with van der Waals surface area (Å²) >= 11 is 0. The number of nitrogens with zero attached hydrogens (tertiary/aromatic N) is 2. The second-order valence-electron chi connectivity index (χ2n) is 5.83. The molecule has 3 N–H and O–H groups in total. The van der Waals surface area contributed by atoms with Crippen LogP contribution in [0.3, 0.4) is 0 Å². The molecule has 5 nitrogen and oxygen atoms in total. The van der Waals surface area contributed by atoms with Crippen molar-refractivity contribution in [3.8, 4) is 5.69 Å². The molecule has 2 atom stereocenters. The number of aromatic nitrogens is 2. The predicted molar refractivity (Wildman–Crippen MR) is 94.9 cm³/mol. The van der Waals surface area contributed by atoms with Crippen LogP contribution in [0.25, 0.3) is 5.69 Å². The number of para-hydroxylation sites is 1. The Balaban J connectivity index is 0.00000264. The lowest BCUT2D eigenvalue weighted by Crippen LogP contribution is -2.38. The van der Waals surface area contributed by atoms with E-state index in [-0.39, 0.29) is 30.3 Å². The van der Waals surface area contributed by atoms with Crippen molar-refractivity contribution in [3.63, 3.8) is 0 Å². The first-order valence-corrected chi connectivity index (χ1v) is 7.55. The molecule has 1 aromatic heterocycles. The van der Waals surface area contributed by atoms with Gasteiger partial charge < -0.3 is 11.1 Å². The van der Waals surface area contributed by atoms with E-state index in [2.05, 4.69) is 10.4 Å². The van der Waals surface area contributed by atoms with Gasteiger partial charge in [-0.15, -0.1) is 12.4 Å². The van der Waals surface area contributed by atoms with E-state index in [1.54, 1.807) is 0 Å². The molecular formula is C17H25ClN4O. The van der Waals surface area contributed by atoms with Crippen LogP contribution >= 0.6 is 12.4 Å². The van der Waals surface area contributed by atoms with Crippen LogP contribution < -0.4 is 11.1 Å². The Morgan fingerprint density at radius 1 is 1.30 bits per heavy atom. The molecule has 2 rings (SSSR count). The number of halogens is 1. The van der Waals surface area contributed by atoms with Gasteiger partial charge in [-0.1, -0.05) is 25.1 Å². The van der Waals surface area contributed by atoms with Crippen LogP contribution in [0.5, 0.6) is 0 Å². The van der Waals surface area contributed by atoms with E-state index >= 15 is 0 Å². The monoisotopic (exact) mass is 336 g/mol. The van der Waals surface area contributed by atoms with E-state index in [0.717, 1.165) is 22.6 Å². The molecule has 0 saturated heterocycles. The van der Waals surface area contributed by atoms with Gasteiger partial charge >= 0.3 is 0 Å². The summed E-state index contributed by atoms with van der Waals surface area (Å²) in [6.07, 6.45) is 0. The average Bonchev–Trinajstić information content (AvgIpc) is 2.82. The first kappa shape index (κ1) is 19.2. The molecule has 0 spiro atoms. The van der Waals surface area contributed by atoms with Crippen LogP contribution in [-0.2, 0) is 11.3 Å². The molecule has 23 heavy (non-hydrogen) atoms. The number of carbonyl (C=O) groups is 1. The van der Waals surface area contributed by atoms with Gasteiger partial charge in [0.15, 0.2) is 0 Å². The van der Waals surface area contributed by atoms with E-state index in [0.29, 0.717) is 6.54 Å². The number of hydrogen-bond acceptors (Lipinski definition) is 3. The fourth-order valence-electron chi connectivity index (χ4n) is 2.32. The van der Waals surface area contributed by atoms with Crippen molar-refractivity contribution in [1.29, 1.82) is 0 Å². The van der Waals surface area contributed by atoms with Crippen LogP contribution in [-0.4, -0.2) is 21.7 Å². The number of nitrogens with two attached hydrogens (primary N) is 1. The summed E-state index contributed by atoms with van der Waals surface area (Å²) in [7, 11) is 0. The molecule has 6 heteroatoms. The maximum absolute atomic E-state index is 12.1. The Hall–Kier alpha value is -1.85. The Kier molecular flexibility index (Phi) is 6.79. The lowest BCUT2D eigenvalue weighted by molar-refractivity contribution is -0.125. The van der Waals surface area contributed by atoms with E-state index in [1.807, 2.05) is 62.7 Å². The van der Waals surface area contributed by atoms with Crippen LogP contribution in [0.1, 0.15) is 30.8 Å². The zero-order valence-corrected chi connectivity index (χ0v) is 14.9. The molecule has 0 aliphatic heterocycles. The first-order chi connectivity index (χ1) is 10.4. The standard InChI is InChI=1S/C17H24N4O.ClH/c1-11-9-12(2)21(20-11)16-8-6-5-7-15(16)10-19-17(22)13(3)14(4)18;/h5-9,13-14H,10,18H2,1-4H3,(H,19,22);1H. The second-order valence-corrected chi connectivity index (χ2v) is 5.83. The highest BCUT2D eigenvalue weighted by atomic mass is 35.5. The Morgan fingerprint density at radius 2 is 1.96 bits per heavy atom. The molecule has 1 amide bonds. The fourth-order valence-corrected chi connectivity index (χ4v) is 2.32. The third kappa shape index (κ3) is 4.56. The number of aryl methyl sites for hydroxylation is 2. The molecule has 0 bridgehead atoms. The minimum atomic E-state index is -0.208. The van der Waals surface area contributed by atoms with E-state index in [4.69, 9.17) is 5.73 Å². The molecule has 1 aromatic carbocycles. The van der Waals surface area contributed by atoms with Gasteiger partial charge in [-0.25, -0.2) is 4.68 Å². The van der Waals surface area contributed by atoms with Crippen LogP contribution in [0.4, 0.5) is 0 Å². The van der Waals surface area contributed by atoms with Gasteiger partial charge in [0.2, 0.25) is 5.91 Å². The van der Waals surface area contributed by atoms with Crippen molar-refractivity contribution in [2.75, 3.05) is 0 Å². The summed E-state index contributed by atoms with van der Waals surface area (Å²) in [6, 6.07) is 9.82. The summed E-state index contributed by atoms with van der Waals surface area (Å²) in [6.45, 7) is 8.14. The van der Waals surface area contributed by atoms with E-state index in [1.165, 1.54) is 0 Å². The Labute approximate surface area is 143 Å². The van der Waals surface area contributed by atoms with E-state index < -0.39 is 0 Å². The third-order valence-corrected chi connectivity index (χ3v) is 3.88. The summed E-state index contributed by atoms with van der Waals surface area (Å²) < 4.78 is 1.91. The minimum absolute atomic E-state index is 0. The Bertz CT molecular complexity index is 666. The maximum atomic E-state index is 12.1. The van der Waals surface area contributed by atoms with Crippen molar-refractivity contribution in [3.05, 3.63) is 47.3 Å². The molecule has 0 aliphatic rings. The number of carbonyl (C=O) groups excluding carboxylic acids is 1. The summed E-state index contributed by atoms with van der Waals surface area (Å²) in [5.74, 6) is -0.237. The smallest absolute Gasteiger partial charge is 0.224 e. The van der Waals surface area contributed by atoms with Gasteiger partial charge in [-0.2, -0.15) is 5.10 Å². The average molecular weight is 337 g/mol. The molecule has 0 radical (unpaired) electrons. The largest absolute Gasteiger partial charge is 0.352 e. The van der Waals surface area contributed by atoms with Crippen LogP contribution in [0.2, 0.25) is 0 Å². The summed E-state index contributed by atoms with van der Waals surface area (Å²) in [5.41, 5.74) is 9.83. The zero-order chi connectivity index (χ0) is 16.3. The number of rotatable bonds is 5. The van der Waals surface area contributed by atoms with Crippen molar-refractivity contribution in [2.45, 2.75) is 40.3 Å². The fraction of sp³-hybridized carbons (Fsp3) is 0.412. The van der Waals surface area contributed by atoms with Gasteiger partial charge in [0, 0.05) is 24.2 Å². The second kappa shape index (κ2) is 8.13. The lowest BCUT2D eigenvalue weighted by atomic mass is 10.0. The van der Waals surface area contributed by atoms with Gasteiger partial charge in [-0.3, -0.25) is 4.79 Å². The van der Waals surface area contributed by atoms with Gasteiger partial charge in [-0.05, 0) is 38.5 Å². The topological polar surface area (TPSA) is 72.9 Å². The number of hydrogen-bond donors (Lipinski definition) is 2. The molecular weight excluding hydrogens is 312 g/mol. The lowest BCUT2D eigenvalue weighted by Gasteiger charge is -2.17. The highest BCUT2D eigenvalue weighted by molar-refractivity contribution is 5.85. The Morgan fingerprint density at radius 3 is 2.52 bits per heavy atom. The van der Waals surface area contributed by atoms with Crippen LogP contribution in [0.15, 0.2) is 30.3 Å². The van der Waals surface area contributed by atoms with Crippen molar-refractivity contribution < 1.29 is 4.79 Å². The maximum Gasteiger partial charge on any atom is 0.224 e. The van der Waals surface area contributed by atoms with Crippen LogP contribution in [0, 0.1) is 19.8 Å². The molecule has 0 aliphatic carbocycles. The number of benzene rings is 1. The van der Waals surface area contributed by atoms with Gasteiger partial charge in [0.05, 0.1) is 11.4 Å². The quantitative estimate of drug-likeness (QED) is 0.881. The highest BCUT2D eigenvalue weighted by Gasteiger charge is 2.17. The molecule has 2 unspecified atom stereocenters. The highest BCUT2D eigenvalue weighted by Crippen LogP contribution is 2.17. The first-order valence-electron chi connectivity index (χ1n) is 7.55. The SMILES string of the molecule is Cc1cc(C)n(-c2ccccc2CNC(=O)C(C)C(C)N)n1.Cl. The molecule has 0 fully saturated rings. The van der Waals surface area contributed by atoms with Gasteiger partial charge in [0.25, 0.3) is 0 Å². The number of nitrogens with one attached hydrogen (secondary N) is 1.